The summed E-state index contributed by atoms with van der Waals surface area (Å²) >= 11 is 2.96. The van der Waals surface area contributed by atoms with Crippen molar-refractivity contribution in [2.24, 2.45) is 0 Å². The third-order valence-electron chi connectivity index (χ3n) is 3.25. The van der Waals surface area contributed by atoms with Crippen LogP contribution in [0, 0.1) is 0 Å². The lowest BCUT2D eigenvalue weighted by Gasteiger charge is -2.07. The van der Waals surface area contributed by atoms with Gasteiger partial charge in [-0.25, -0.2) is 4.79 Å². The van der Waals surface area contributed by atoms with Crippen LogP contribution in [0.15, 0.2) is 40.6 Å². The molecule has 0 aliphatic rings. The van der Waals surface area contributed by atoms with E-state index in [1.807, 2.05) is 24.3 Å². The Morgan fingerprint density at radius 3 is 2.50 bits per heavy atom. The molecule has 0 saturated carbocycles. The van der Waals surface area contributed by atoms with Gasteiger partial charge in [-0.3, -0.25) is 14.9 Å². The van der Waals surface area contributed by atoms with Crippen LogP contribution in [0.3, 0.4) is 0 Å². The van der Waals surface area contributed by atoms with E-state index in [2.05, 4.69) is 22.3 Å². The molecule has 3 amide bonds. The van der Waals surface area contributed by atoms with Crippen molar-refractivity contribution in [1.29, 1.82) is 0 Å². The van der Waals surface area contributed by atoms with Crippen LogP contribution in [0.2, 0.25) is 0 Å². The van der Waals surface area contributed by atoms with Gasteiger partial charge in [0.1, 0.15) is 5.00 Å². The molecule has 1 aromatic carbocycles. The Hall–Kier alpha value is -2.32. The summed E-state index contributed by atoms with van der Waals surface area (Å²) < 4.78 is 4.68. The quantitative estimate of drug-likeness (QED) is 0.698. The number of thiophene rings is 1. The first-order valence-corrected chi connectivity index (χ1v) is 9.97. The molecule has 0 aliphatic heterocycles. The third kappa shape index (κ3) is 5.89. The Balaban J connectivity index is 1.96. The van der Waals surface area contributed by atoms with Gasteiger partial charge in [0.2, 0.25) is 5.91 Å². The average Bonchev–Trinajstić information content (AvgIpc) is 3.05. The zero-order valence-electron chi connectivity index (χ0n) is 14.5. The fraction of sp³-hybridized carbons (Fsp3) is 0.278. The maximum absolute atomic E-state index is 12.3. The van der Waals surface area contributed by atoms with Crippen molar-refractivity contribution in [3.05, 3.63) is 46.8 Å². The Bertz CT molecular complexity index is 772. The van der Waals surface area contributed by atoms with Gasteiger partial charge in [0, 0.05) is 4.90 Å². The molecule has 0 unspecified atom stereocenters. The highest BCUT2D eigenvalue weighted by atomic mass is 32.2. The van der Waals surface area contributed by atoms with Crippen LogP contribution in [0.1, 0.15) is 29.8 Å². The van der Waals surface area contributed by atoms with Gasteiger partial charge in [-0.1, -0.05) is 19.1 Å². The number of nitrogens with one attached hydrogen (secondary N) is 2. The molecule has 1 heterocycles. The van der Waals surface area contributed by atoms with Gasteiger partial charge >= 0.3 is 6.09 Å². The second-order valence-electron chi connectivity index (χ2n) is 5.14. The zero-order chi connectivity index (χ0) is 18.9. The molecule has 0 aliphatic carbocycles. The van der Waals surface area contributed by atoms with Crippen LogP contribution < -0.4 is 10.6 Å². The van der Waals surface area contributed by atoms with Crippen molar-refractivity contribution < 1.29 is 19.1 Å². The number of alkyl carbamates (subject to hydrolysis) is 1. The molecule has 0 bridgehead atoms. The summed E-state index contributed by atoms with van der Waals surface area (Å²) in [5.41, 5.74) is 1.11. The van der Waals surface area contributed by atoms with Gasteiger partial charge in [-0.2, -0.15) is 0 Å². The first kappa shape index (κ1) is 20.0. The number of hydrogen-bond acceptors (Lipinski definition) is 6. The molecule has 2 rings (SSSR count). The van der Waals surface area contributed by atoms with Crippen LogP contribution in [0.5, 0.6) is 0 Å². The summed E-state index contributed by atoms with van der Waals surface area (Å²) in [6, 6.07) is 9.35. The topological polar surface area (TPSA) is 84.5 Å². The fourth-order valence-corrected chi connectivity index (χ4v) is 3.60. The Morgan fingerprint density at radius 1 is 1.12 bits per heavy atom. The number of imide groups is 1. The maximum Gasteiger partial charge on any atom is 0.414 e. The monoisotopic (exact) mass is 392 g/mol. The van der Waals surface area contributed by atoms with Crippen molar-refractivity contribution in [3.8, 4) is 0 Å². The molecule has 6 nitrogen and oxygen atoms in total. The number of amides is 3. The van der Waals surface area contributed by atoms with Gasteiger partial charge in [0.05, 0.1) is 18.6 Å². The lowest BCUT2D eigenvalue weighted by atomic mass is 10.1. The highest BCUT2D eigenvalue weighted by Gasteiger charge is 2.17. The number of anilines is 1. The molecular weight excluding hydrogens is 372 g/mol. The zero-order valence-corrected chi connectivity index (χ0v) is 16.2. The van der Waals surface area contributed by atoms with Gasteiger partial charge in [0.15, 0.2) is 0 Å². The van der Waals surface area contributed by atoms with Crippen LogP contribution in [0.4, 0.5) is 9.80 Å². The number of rotatable bonds is 7. The largest absolute Gasteiger partial charge is 0.450 e. The van der Waals surface area contributed by atoms with E-state index in [9.17, 15) is 14.4 Å². The average molecular weight is 393 g/mol. The number of carbonyl (C=O) groups excluding carboxylic acids is 3. The molecule has 1 aromatic heterocycles. The first-order chi connectivity index (χ1) is 12.5. The lowest BCUT2D eigenvalue weighted by molar-refractivity contribution is -0.115. The van der Waals surface area contributed by atoms with Crippen LogP contribution in [-0.4, -0.2) is 30.3 Å². The predicted octanol–water partition coefficient (Wildman–Crippen LogP) is 3.93. The first-order valence-electron chi connectivity index (χ1n) is 8.10. The van der Waals surface area contributed by atoms with E-state index >= 15 is 0 Å². The van der Waals surface area contributed by atoms with E-state index < -0.39 is 12.0 Å². The summed E-state index contributed by atoms with van der Waals surface area (Å²) in [6.07, 6.45) is -0.612. The van der Waals surface area contributed by atoms with Crippen molar-refractivity contribution in [2.45, 2.75) is 25.2 Å². The van der Waals surface area contributed by atoms with Gasteiger partial charge < -0.3 is 10.1 Å². The Labute approximate surface area is 160 Å². The molecule has 26 heavy (non-hydrogen) atoms. The SMILES string of the molecule is CCOC(=O)NC(=O)c1ccsc1NC(=O)Cc1ccc(SCC)cc1. The number of thioether (sulfide) groups is 1. The number of hydrogen-bond donors (Lipinski definition) is 2. The van der Waals surface area contributed by atoms with Crippen LogP contribution in [0.25, 0.3) is 0 Å². The second kappa shape index (κ2) is 9.98. The lowest BCUT2D eigenvalue weighted by Crippen LogP contribution is -2.31. The third-order valence-corrected chi connectivity index (χ3v) is 4.98. The van der Waals surface area contributed by atoms with Gasteiger partial charge in [-0.15, -0.1) is 23.1 Å². The molecule has 2 N–H and O–H groups in total. The minimum absolute atomic E-state index is 0.169. The number of benzene rings is 1. The van der Waals surface area contributed by atoms with Crippen molar-refractivity contribution in [2.75, 3.05) is 17.7 Å². The van der Waals surface area contributed by atoms with E-state index in [0.29, 0.717) is 5.00 Å². The van der Waals surface area contributed by atoms with Crippen LogP contribution in [-0.2, 0) is 16.0 Å². The highest BCUT2D eigenvalue weighted by molar-refractivity contribution is 7.99. The van der Waals surface area contributed by atoms with Crippen LogP contribution >= 0.6 is 23.1 Å². The molecule has 0 spiro atoms. The smallest absolute Gasteiger partial charge is 0.414 e. The Morgan fingerprint density at radius 2 is 1.85 bits per heavy atom. The minimum atomic E-state index is -0.814. The second-order valence-corrected chi connectivity index (χ2v) is 7.39. The minimum Gasteiger partial charge on any atom is -0.450 e. The molecule has 2 aromatic rings. The van der Waals surface area contributed by atoms with Crippen molar-refractivity contribution in [1.82, 2.24) is 5.32 Å². The van der Waals surface area contributed by atoms with E-state index in [4.69, 9.17) is 0 Å². The van der Waals surface area contributed by atoms with E-state index in [-0.39, 0.29) is 24.5 Å². The number of ether oxygens (including phenoxy) is 1. The summed E-state index contributed by atoms with van der Waals surface area (Å²) in [5, 5.41) is 6.92. The summed E-state index contributed by atoms with van der Waals surface area (Å²) in [4.78, 5) is 36.9. The summed E-state index contributed by atoms with van der Waals surface area (Å²) in [7, 11) is 0. The van der Waals surface area contributed by atoms with Crippen molar-refractivity contribution in [3.63, 3.8) is 0 Å². The van der Waals surface area contributed by atoms with E-state index in [0.717, 1.165) is 16.2 Å². The van der Waals surface area contributed by atoms with Gasteiger partial charge in [-0.05, 0) is 41.8 Å². The molecule has 0 fully saturated rings. The summed E-state index contributed by atoms with van der Waals surface area (Å²) in [6.45, 7) is 3.90. The van der Waals surface area contributed by atoms with E-state index in [1.54, 1.807) is 30.1 Å². The highest BCUT2D eigenvalue weighted by Crippen LogP contribution is 2.24. The molecular formula is C18H20N2O4S2. The Kier molecular flexibility index (Phi) is 7.68. The van der Waals surface area contributed by atoms with E-state index in [1.165, 1.54) is 11.3 Å². The molecule has 0 atom stereocenters. The molecule has 0 saturated heterocycles. The normalized spacial score (nSPS) is 10.2. The van der Waals surface area contributed by atoms with Gasteiger partial charge in [0.25, 0.3) is 5.91 Å². The summed E-state index contributed by atoms with van der Waals surface area (Å²) in [5.74, 6) is 0.156. The fourth-order valence-electron chi connectivity index (χ4n) is 2.14. The van der Waals surface area contributed by atoms with Crippen molar-refractivity contribution >= 4 is 46.0 Å². The molecule has 0 radical (unpaired) electrons. The standard InChI is InChI=1S/C18H20N2O4S2/c1-3-24-18(23)20-16(22)14-9-10-26-17(14)19-15(21)11-12-5-7-13(8-6-12)25-4-2/h5-10H,3-4,11H2,1-2H3,(H,19,21)(H,20,22,23). The molecule has 138 valence electrons. The predicted molar refractivity (Wildman–Crippen MR) is 104 cm³/mol. The molecule has 8 heteroatoms. The maximum atomic E-state index is 12.3. The number of carbonyl (C=O) groups is 3.